The Balaban J connectivity index is 0.000000175. The van der Waals surface area contributed by atoms with Crippen LogP contribution in [0.1, 0.15) is 76.2 Å². The quantitative estimate of drug-likeness (QED) is 0.0591. The first-order valence-corrected chi connectivity index (χ1v) is 27.0. The summed E-state index contributed by atoms with van der Waals surface area (Å²) in [6, 6.07) is 60.7. The number of hydrogen-bond donors (Lipinski definition) is 0. The Labute approximate surface area is 491 Å². The Hall–Kier alpha value is -8.89. The topological polar surface area (TPSA) is 123 Å². The normalized spacial score (nSPS) is 10.9. The van der Waals surface area contributed by atoms with Crippen LogP contribution in [0.4, 0.5) is 0 Å². The fourth-order valence-electron chi connectivity index (χ4n) is 9.54. The molecule has 10 nitrogen and oxygen atoms in total. The van der Waals surface area contributed by atoms with Gasteiger partial charge in [0.05, 0.1) is 42.1 Å². The fraction of sp³-hybridized carbons (Fsp3) is 0.183. The van der Waals surface area contributed by atoms with Gasteiger partial charge >= 0.3 is 20.1 Å². The molecule has 0 radical (unpaired) electrons. The summed E-state index contributed by atoms with van der Waals surface area (Å²) in [6.07, 6.45) is 3.72. The van der Waals surface area contributed by atoms with Crippen molar-refractivity contribution in [3.63, 3.8) is 0 Å². The van der Waals surface area contributed by atoms with Crippen LogP contribution in [-0.2, 0) is 56.1 Å². The van der Waals surface area contributed by atoms with E-state index in [0.717, 1.165) is 122 Å². The van der Waals surface area contributed by atoms with Crippen LogP contribution < -0.4 is 18.9 Å². The monoisotopic (exact) mass is 1260 g/mol. The molecule has 2 aromatic heterocycles. The maximum Gasteiger partial charge on any atom is 3.00 e. The molecule has 0 amide bonds. The minimum atomic E-state index is -0.0625. The first kappa shape index (κ1) is 57.8. The SMILES string of the molecule is CC(=O)CC(C)=O.Cc1ccc(OCc2c[c-]c3c(c2)c2cc(COc4ccc(C)cc4)ccc2c2nc(C)cnc32)cc1.Cc1ccc(OCc2c[c-]c3c(c2)c2cc(COc4ccc(C)cc4)ccc2c2nc(C)cnc32)cc1.[Ir+3]. The standard InChI is InChI=1S/2C33H27N2O2.C5H8O2.Ir/c2*1-21-4-10-26(11-5-21)36-19-24-8-14-28-30(16-24)31-17-25(20-37-27-12-6-22(2)7-13-27)9-15-29(31)33-32(28)34-18-23(3)35-33;1-4(6)3-5(2)7;/h2*4-13,15-18H,19-20H2,1-3H3;3H2,1-2H3;/q2*-1;;+3. The van der Waals surface area contributed by atoms with Crippen molar-refractivity contribution in [3.8, 4) is 23.0 Å². The number of benzene rings is 10. The molecule has 0 spiro atoms. The van der Waals surface area contributed by atoms with E-state index >= 15 is 0 Å². The molecule has 0 aliphatic heterocycles. The Morgan fingerprint density at radius 3 is 0.988 bits per heavy atom. The third kappa shape index (κ3) is 14.2. The summed E-state index contributed by atoms with van der Waals surface area (Å²) in [5.74, 6) is 3.30. The Morgan fingerprint density at radius 1 is 0.378 bits per heavy atom. The number of carbonyl (C=O) groups excluding carboxylic acids is 2. The van der Waals surface area contributed by atoms with Crippen LogP contribution in [0, 0.1) is 53.7 Å². The van der Waals surface area contributed by atoms with Crippen molar-refractivity contribution in [2.75, 3.05) is 0 Å². The summed E-state index contributed by atoms with van der Waals surface area (Å²) in [7, 11) is 0. The first-order chi connectivity index (χ1) is 39.2. The van der Waals surface area contributed by atoms with Gasteiger partial charge in [-0.15, -0.1) is 47.2 Å². The summed E-state index contributed by atoms with van der Waals surface area (Å²) in [5.41, 5.74) is 14.4. The molecule has 0 atom stereocenters. The average molecular weight is 1260 g/mol. The summed E-state index contributed by atoms with van der Waals surface area (Å²) in [6.45, 7) is 16.9. The zero-order valence-electron chi connectivity index (χ0n) is 47.3. The van der Waals surface area contributed by atoms with Gasteiger partial charge in [-0.3, -0.25) is 19.6 Å². The summed E-state index contributed by atoms with van der Waals surface area (Å²) < 4.78 is 24.3. The van der Waals surface area contributed by atoms with E-state index in [0.29, 0.717) is 26.4 Å². The summed E-state index contributed by atoms with van der Waals surface area (Å²) >= 11 is 0. The molecule has 11 heteroatoms. The van der Waals surface area contributed by atoms with Gasteiger partial charge in [-0.1, -0.05) is 140 Å². The maximum absolute atomic E-state index is 10.0. The van der Waals surface area contributed by atoms with Crippen molar-refractivity contribution in [2.24, 2.45) is 0 Å². The van der Waals surface area contributed by atoms with E-state index in [-0.39, 0.29) is 38.1 Å². The molecule has 0 bridgehead atoms. The molecule has 0 N–H and O–H groups in total. The van der Waals surface area contributed by atoms with Crippen LogP contribution in [0.2, 0.25) is 0 Å². The Kier molecular flexibility index (Phi) is 18.4. The molecule has 10 aromatic carbocycles. The molecule has 82 heavy (non-hydrogen) atoms. The van der Waals surface area contributed by atoms with Gasteiger partial charge in [-0.05, 0) is 126 Å². The van der Waals surface area contributed by atoms with Crippen LogP contribution in [0.5, 0.6) is 23.0 Å². The number of Topliss-reactive ketones (excluding diaryl/α,β-unsaturated/α-hetero) is 2. The van der Waals surface area contributed by atoms with Crippen LogP contribution >= 0.6 is 0 Å². The minimum Gasteiger partial charge on any atom is -0.498 e. The number of rotatable bonds is 14. The van der Waals surface area contributed by atoms with Crippen molar-refractivity contribution < 1.29 is 48.6 Å². The number of carbonyl (C=O) groups is 2. The van der Waals surface area contributed by atoms with Crippen molar-refractivity contribution in [1.82, 2.24) is 19.9 Å². The van der Waals surface area contributed by atoms with E-state index in [4.69, 9.17) is 38.9 Å². The van der Waals surface area contributed by atoms with E-state index in [9.17, 15) is 9.59 Å². The van der Waals surface area contributed by atoms with Gasteiger partial charge in [0.25, 0.3) is 0 Å². The zero-order chi connectivity index (χ0) is 56.6. The van der Waals surface area contributed by atoms with Crippen LogP contribution in [-0.4, -0.2) is 31.5 Å². The molecule has 0 fully saturated rings. The molecule has 0 saturated heterocycles. The molecule has 0 aliphatic carbocycles. The van der Waals surface area contributed by atoms with Crippen molar-refractivity contribution in [2.45, 2.75) is 88.2 Å². The minimum absolute atomic E-state index is 0. The van der Waals surface area contributed by atoms with E-state index in [1.807, 2.05) is 86.9 Å². The van der Waals surface area contributed by atoms with E-state index in [2.05, 4.69) is 137 Å². The van der Waals surface area contributed by atoms with E-state index in [1.165, 1.54) is 36.1 Å². The third-order valence-corrected chi connectivity index (χ3v) is 13.7. The second kappa shape index (κ2) is 26.1. The van der Waals surface area contributed by atoms with Gasteiger partial charge < -0.3 is 28.9 Å². The molecule has 2 heterocycles. The van der Waals surface area contributed by atoms with Gasteiger partial charge in [0.15, 0.2) is 0 Å². The number of ether oxygens (including phenoxy) is 4. The molecule has 12 rings (SSSR count). The number of fused-ring (bicyclic) bond motifs is 12. The predicted molar refractivity (Wildman–Crippen MR) is 324 cm³/mol. The van der Waals surface area contributed by atoms with Crippen LogP contribution in [0.15, 0.2) is 170 Å². The molecule has 0 aliphatic rings. The molecule has 410 valence electrons. The fourth-order valence-corrected chi connectivity index (χ4v) is 9.54. The average Bonchev–Trinajstić information content (AvgIpc) is 2.45. The Morgan fingerprint density at radius 2 is 0.683 bits per heavy atom. The second-order valence-electron chi connectivity index (χ2n) is 20.8. The largest absolute Gasteiger partial charge is 3.00 e. The number of aromatic nitrogens is 4. The van der Waals surface area contributed by atoms with Gasteiger partial charge in [-0.2, -0.15) is 0 Å². The van der Waals surface area contributed by atoms with Crippen molar-refractivity contribution >= 4 is 76.7 Å². The molecule has 0 saturated carbocycles. The maximum atomic E-state index is 10.0. The number of ketones is 2. The van der Waals surface area contributed by atoms with Gasteiger partial charge in [0.1, 0.15) is 47.8 Å². The summed E-state index contributed by atoms with van der Waals surface area (Å²) in [4.78, 5) is 39.3. The Bertz CT molecular complexity index is 3990. The number of hydrogen-bond acceptors (Lipinski definition) is 10. The van der Waals surface area contributed by atoms with E-state index in [1.54, 1.807) is 0 Å². The zero-order valence-corrected chi connectivity index (χ0v) is 49.7. The number of nitrogens with zero attached hydrogens (tertiary/aromatic N) is 4. The van der Waals surface area contributed by atoms with Crippen molar-refractivity contribution in [3.05, 3.63) is 238 Å². The van der Waals surface area contributed by atoms with Crippen LogP contribution in [0.25, 0.3) is 65.2 Å². The van der Waals surface area contributed by atoms with Gasteiger partial charge in [0.2, 0.25) is 0 Å². The molecule has 12 aromatic rings. The van der Waals surface area contributed by atoms with Gasteiger partial charge in [0, 0.05) is 23.4 Å². The van der Waals surface area contributed by atoms with Crippen LogP contribution in [0.3, 0.4) is 0 Å². The van der Waals surface area contributed by atoms with Gasteiger partial charge in [-0.25, -0.2) is 0 Å². The molecular weight excluding hydrogens is 1200 g/mol. The first-order valence-electron chi connectivity index (χ1n) is 27.0. The molecule has 0 unspecified atom stereocenters. The third-order valence-electron chi connectivity index (χ3n) is 13.7. The molecular formula is C71H62IrN4O6+. The summed E-state index contributed by atoms with van der Waals surface area (Å²) in [5, 5.41) is 8.47. The van der Waals surface area contributed by atoms with Crippen molar-refractivity contribution in [1.29, 1.82) is 0 Å². The number of aryl methyl sites for hydroxylation is 6. The predicted octanol–water partition coefficient (Wildman–Crippen LogP) is 16.2. The second-order valence-corrected chi connectivity index (χ2v) is 20.8. The smallest absolute Gasteiger partial charge is 0.498 e. The van der Waals surface area contributed by atoms with E-state index < -0.39 is 0 Å².